The molecule has 0 amide bonds. The van der Waals surface area contributed by atoms with Gasteiger partial charge in [0, 0.05) is 10.3 Å². The molecule has 1 heterocycles. The molecular formula is C9H19O3P. The second-order valence-electron chi connectivity index (χ2n) is 5.26. The van der Waals surface area contributed by atoms with Crippen LogP contribution in [0.15, 0.2) is 0 Å². The van der Waals surface area contributed by atoms with Gasteiger partial charge < -0.3 is 10.00 Å². The van der Waals surface area contributed by atoms with E-state index in [-0.39, 0.29) is 0 Å². The smallest absolute Gasteiger partial charge is 0.211 e. The molecule has 2 N–H and O–H groups in total. The van der Waals surface area contributed by atoms with Crippen LogP contribution >= 0.6 is 7.37 Å². The van der Waals surface area contributed by atoms with Crippen LogP contribution in [-0.4, -0.2) is 26.4 Å². The lowest BCUT2D eigenvalue weighted by Crippen LogP contribution is -2.43. The first kappa shape index (κ1) is 11.2. The van der Waals surface area contributed by atoms with Gasteiger partial charge in [-0.15, -0.1) is 0 Å². The Bertz CT molecular complexity index is 236. The summed E-state index contributed by atoms with van der Waals surface area (Å²) in [5.74, 6) is 0. The van der Waals surface area contributed by atoms with Crippen LogP contribution in [-0.2, 0) is 4.57 Å². The minimum Gasteiger partial charge on any atom is -0.393 e. The number of hydrogen-bond acceptors (Lipinski definition) is 2. The molecule has 0 aliphatic carbocycles. The van der Waals surface area contributed by atoms with E-state index in [2.05, 4.69) is 0 Å². The van der Waals surface area contributed by atoms with Crippen molar-refractivity contribution in [1.29, 1.82) is 0 Å². The Morgan fingerprint density at radius 2 is 1.46 bits per heavy atom. The van der Waals surface area contributed by atoms with Crippen LogP contribution in [0.2, 0.25) is 0 Å². The molecule has 1 rings (SSSR count). The van der Waals surface area contributed by atoms with Crippen LogP contribution in [0.3, 0.4) is 0 Å². The van der Waals surface area contributed by atoms with E-state index in [0.29, 0.717) is 12.8 Å². The molecule has 1 aliphatic heterocycles. The third-order valence-corrected chi connectivity index (χ3v) is 6.76. The summed E-state index contributed by atoms with van der Waals surface area (Å²) < 4.78 is 12.1. The molecule has 1 saturated heterocycles. The average molecular weight is 206 g/mol. The predicted molar refractivity (Wildman–Crippen MR) is 53.2 cm³/mol. The molecule has 0 aromatic rings. The minimum absolute atomic E-state index is 0.421. The van der Waals surface area contributed by atoms with Crippen molar-refractivity contribution in [3.8, 4) is 0 Å². The minimum atomic E-state index is -3.19. The summed E-state index contributed by atoms with van der Waals surface area (Å²) in [6.45, 7) is 7.05. The van der Waals surface area contributed by atoms with E-state index in [1.54, 1.807) is 27.7 Å². The molecule has 0 aromatic carbocycles. The molecule has 0 atom stereocenters. The Morgan fingerprint density at radius 1 is 1.15 bits per heavy atom. The van der Waals surface area contributed by atoms with Crippen molar-refractivity contribution in [1.82, 2.24) is 0 Å². The first-order valence-corrected chi connectivity index (χ1v) is 6.27. The van der Waals surface area contributed by atoms with Gasteiger partial charge in [0.05, 0.1) is 6.10 Å². The predicted octanol–water partition coefficient (Wildman–Crippen LogP) is 1.97. The quantitative estimate of drug-likeness (QED) is 0.596. The maximum absolute atomic E-state index is 12.1. The highest BCUT2D eigenvalue weighted by Crippen LogP contribution is 2.69. The molecule has 4 heteroatoms. The van der Waals surface area contributed by atoms with Crippen LogP contribution in [0, 0.1) is 0 Å². The number of aliphatic hydroxyl groups is 1. The van der Waals surface area contributed by atoms with Gasteiger partial charge in [-0.3, -0.25) is 4.57 Å². The first-order valence-electron chi connectivity index (χ1n) is 4.61. The van der Waals surface area contributed by atoms with Crippen molar-refractivity contribution in [2.45, 2.75) is 57.0 Å². The van der Waals surface area contributed by atoms with E-state index in [9.17, 15) is 14.6 Å². The zero-order valence-corrected chi connectivity index (χ0v) is 9.64. The highest BCUT2D eigenvalue weighted by Gasteiger charge is 2.55. The molecule has 0 spiro atoms. The summed E-state index contributed by atoms with van der Waals surface area (Å²) in [5.41, 5.74) is 0. The first-order chi connectivity index (χ1) is 5.60. The molecule has 0 aromatic heterocycles. The van der Waals surface area contributed by atoms with Gasteiger partial charge in [0.15, 0.2) is 0 Å². The van der Waals surface area contributed by atoms with Crippen LogP contribution < -0.4 is 0 Å². The van der Waals surface area contributed by atoms with E-state index in [4.69, 9.17) is 0 Å². The Balaban J connectivity index is 3.11. The molecule has 3 nitrogen and oxygen atoms in total. The third-order valence-electron chi connectivity index (χ3n) is 3.11. The van der Waals surface area contributed by atoms with Gasteiger partial charge in [0.2, 0.25) is 7.37 Å². The normalized spacial score (nSPS) is 43.1. The third kappa shape index (κ3) is 1.58. The summed E-state index contributed by atoms with van der Waals surface area (Å²) in [7, 11) is -3.19. The molecule has 0 radical (unpaired) electrons. The lowest BCUT2D eigenvalue weighted by molar-refractivity contribution is 0.113. The Labute approximate surface area is 79.6 Å². The largest absolute Gasteiger partial charge is 0.393 e. The summed E-state index contributed by atoms with van der Waals surface area (Å²) in [5, 5.41) is 8.26. The van der Waals surface area contributed by atoms with Gasteiger partial charge in [-0.2, -0.15) is 0 Å². The van der Waals surface area contributed by atoms with Crippen LogP contribution in [0.1, 0.15) is 40.5 Å². The van der Waals surface area contributed by atoms with Gasteiger partial charge in [0.1, 0.15) is 0 Å². The van der Waals surface area contributed by atoms with Crippen molar-refractivity contribution in [2.75, 3.05) is 0 Å². The summed E-state index contributed by atoms with van der Waals surface area (Å²) in [6.07, 6.45) is 0.397. The van der Waals surface area contributed by atoms with E-state index < -0.39 is 23.8 Å². The fourth-order valence-corrected chi connectivity index (χ4v) is 4.85. The monoisotopic (exact) mass is 206 g/mol. The molecule has 1 fully saturated rings. The van der Waals surface area contributed by atoms with E-state index in [1.165, 1.54) is 0 Å². The molecule has 0 saturated carbocycles. The molecule has 0 bridgehead atoms. The lowest BCUT2D eigenvalue weighted by atomic mass is 9.95. The molecular weight excluding hydrogens is 187 g/mol. The van der Waals surface area contributed by atoms with Crippen LogP contribution in [0.5, 0.6) is 0 Å². The standard InChI is InChI=1S/C9H19O3P/c1-8(2)5-7(10)6-9(3,4)13(8,11)12/h7,10H,5-6H2,1-4H3,(H,11,12). The maximum atomic E-state index is 12.1. The summed E-state index contributed by atoms with van der Waals surface area (Å²) in [4.78, 5) is 9.99. The molecule has 13 heavy (non-hydrogen) atoms. The second kappa shape index (κ2) is 2.82. The van der Waals surface area contributed by atoms with Crippen molar-refractivity contribution in [3.05, 3.63) is 0 Å². The topological polar surface area (TPSA) is 57.5 Å². The zero-order chi connectivity index (χ0) is 10.5. The van der Waals surface area contributed by atoms with Crippen molar-refractivity contribution >= 4 is 7.37 Å². The summed E-state index contributed by atoms with van der Waals surface area (Å²) in [6, 6.07) is 0. The van der Waals surface area contributed by atoms with Crippen molar-refractivity contribution < 1.29 is 14.6 Å². The second-order valence-corrected chi connectivity index (χ2v) is 8.84. The van der Waals surface area contributed by atoms with Crippen LogP contribution in [0.4, 0.5) is 0 Å². The number of aliphatic hydroxyl groups excluding tert-OH is 1. The maximum Gasteiger partial charge on any atom is 0.211 e. The fourth-order valence-electron chi connectivity index (χ4n) is 2.29. The molecule has 1 aliphatic rings. The van der Waals surface area contributed by atoms with Crippen molar-refractivity contribution in [3.63, 3.8) is 0 Å². The SMILES string of the molecule is CC1(C)CC(O)CC(C)(C)P1(=O)O. The molecule has 0 unspecified atom stereocenters. The van der Waals surface area contributed by atoms with Crippen LogP contribution in [0.25, 0.3) is 0 Å². The highest BCUT2D eigenvalue weighted by molar-refractivity contribution is 7.61. The van der Waals surface area contributed by atoms with E-state index in [0.717, 1.165) is 0 Å². The number of rotatable bonds is 0. The Kier molecular flexibility index (Phi) is 2.43. The van der Waals surface area contributed by atoms with E-state index >= 15 is 0 Å². The number of hydrogen-bond donors (Lipinski definition) is 2. The fraction of sp³-hybridized carbons (Fsp3) is 1.00. The molecule has 78 valence electrons. The zero-order valence-electron chi connectivity index (χ0n) is 8.74. The summed E-state index contributed by atoms with van der Waals surface area (Å²) >= 11 is 0. The van der Waals surface area contributed by atoms with Gasteiger partial charge >= 0.3 is 0 Å². The van der Waals surface area contributed by atoms with E-state index in [1.807, 2.05) is 0 Å². The Hall–Kier alpha value is 0.150. The average Bonchev–Trinajstić information content (AvgIpc) is 1.80. The van der Waals surface area contributed by atoms with Crippen molar-refractivity contribution in [2.24, 2.45) is 0 Å². The Morgan fingerprint density at radius 3 is 1.77 bits per heavy atom. The lowest BCUT2D eigenvalue weighted by Gasteiger charge is -2.47. The van der Waals surface area contributed by atoms with Gasteiger partial charge in [-0.1, -0.05) is 27.7 Å². The van der Waals surface area contributed by atoms with Gasteiger partial charge in [0.25, 0.3) is 0 Å². The van der Waals surface area contributed by atoms with Gasteiger partial charge in [-0.05, 0) is 12.8 Å². The van der Waals surface area contributed by atoms with Gasteiger partial charge in [-0.25, -0.2) is 0 Å². The highest BCUT2D eigenvalue weighted by atomic mass is 31.2.